The van der Waals surface area contributed by atoms with Crippen LogP contribution in [0.3, 0.4) is 0 Å². The Balaban J connectivity index is 0.000000263. The highest BCUT2D eigenvalue weighted by molar-refractivity contribution is 6.03. The van der Waals surface area contributed by atoms with Crippen LogP contribution in [0.4, 0.5) is 16.2 Å². The number of benzene rings is 2. The van der Waals surface area contributed by atoms with E-state index in [0.29, 0.717) is 34.3 Å². The van der Waals surface area contributed by atoms with Gasteiger partial charge in [-0.3, -0.25) is 9.59 Å². The molecule has 0 unspecified atom stereocenters. The summed E-state index contributed by atoms with van der Waals surface area (Å²) < 4.78 is 5.23. The number of Topliss-reactive ketones (excluding diaryl/α,β-unsaturated/α-hetero) is 1. The van der Waals surface area contributed by atoms with Crippen molar-refractivity contribution in [3.63, 3.8) is 0 Å². The number of urea groups is 1. The van der Waals surface area contributed by atoms with Crippen LogP contribution in [0.25, 0.3) is 0 Å². The average molecular weight is 509 g/mol. The first-order valence-electron chi connectivity index (χ1n) is 12.7. The van der Waals surface area contributed by atoms with Crippen LogP contribution >= 0.6 is 0 Å². The van der Waals surface area contributed by atoms with Crippen molar-refractivity contribution in [2.75, 3.05) is 17.7 Å². The summed E-state index contributed by atoms with van der Waals surface area (Å²) in [4.78, 5) is 52.0. The van der Waals surface area contributed by atoms with Crippen molar-refractivity contribution in [3.05, 3.63) is 58.7 Å². The van der Waals surface area contributed by atoms with Gasteiger partial charge in [0, 0.05) is 11.4 Å². The molecule has 9 heteroatoms. The number of hydrogen-bond donors (Lipinski definition) is 2. The van der Waals surface area contributed by atoms with Gasteiger partial charge in [-0.25, -0.2) is 9.59 Å². The number of nitrogens with two attached hydrogens (primary N) is 1. The first-order valence-corrected chi connectivity index (χ1v) is 12.7. The fraction of sp³-hybridized carbons (Fsp3) is 0.429. The highest BCUT2D eigenvalue weighted by Crippen LogP contribution is 2.10. The van der Waals surface area contributed by atoms with E-state index in [9.17, 15) is 19.2 Å². The summed E-state index contributed by atoms with van der Waals surface area (Å²) in [6, 6.07) is 11.0. The molecule has 0 saturated heterocycles. The SMILES string of the molecule is CC(=O)CC(=O)Nc1ccc2c(c1)=NC(=O)N=2.CCCCCCCCCCOC(=O)c1ccc(N)cc1. The van der Waals surface area contributed by atoms with Crippen LogP contribution < -0.4 is 21.8 Å². The number of carbonyl (C=O) groups is 4. The van der Waals surface area contributed by atoms with Crippen molar-refractivity contribution in [2.24, 2.45) is 9.98 Å². The van der Waals surface area contributed by atoms with Gasteiger partial charge in [0.15, 0.2) is 0 Å². The Morgan fingerprint density at radius 3 is 2.14 bits per heavy atom. The summed E-state index contributed by atoms with van der Waals surface area (Å²) >= 11 is 0. The molecular weight excluding hydrogens is 472 g/mol. The van der Waals surface area contributed by atoms with Gasteiger partial charge in [-0.05, 0) is 55.8 Å². The largest absolute Gasteiger partial charge is 0.462 e. The number of nitrogen functional groups attached to an aromatic ring is 1. The minimum absolute atomic E-state index is 0.169. The fourth-order valence-electron chi connectivity index (χ4n) is 3.55. The highest BCUT2D eigenvalue weighted by Gasteiger charge is 2.09. The monoisotopic (exact) mass is 508 g/mol. The van der Waals surface area contributed by atoms with Crippen molar-refractivity contribution in [1.82, 2.24) is 0 Å². The minimum Gasteiger partial charge on any atom is -0.462 e. The average Bonchev–Trinajstić information content (AvgIpc) is 3.22. The van der Waals surface area contributed by atoms with Crippen molar-refractivity contribution in [3.8, 4) is 0 Å². The van der Waals surface area contributed by atoms with Crippen LogP contribution in [0.15, 0.2) is 52.4 Å². The maximum absolute atomic E-state index is 11.7. The number of esters is 1. The van der Waals surface area contributed by atoms with E-state index in [0.717, 1.165) is 12.8 Å². The van der Waals surface area contributed by atoms with E-state index in [1.54, 1.807) is 42.5 Å². The molecule has 0 saturated carbocycles. The lowest BCUT2D eigenvalue weighted by Crippen LogP contribution is -2.23. The number of rotatable bonds is 13. The molecule has 1 heterocycles. The van der Waals surface area contributed by atoms with Crippen LogP contribution in [0.5, 0.6) is 0 Å². The predicted molar refractivity (Wildman–Crippen MR) is 142 cm³/mol. The molecule has 0 fully saturated rings. The Morgan fingerprint density at radius 2 is 1.49 bits per heavy atom. The Kier molecular flexibility index (Phi) is 12.7. The molecule has 3 N–H and O–H groups in total. The number of hydrogen-bond acceptors (Lipinski definition) is 6. The third-order valence-electron chi connectivity index (χ3n) is 5.48. The minimum atomic E-state index is -0.549. The Hall–Kier alpha value is -3.88. The predicted octanol–water partition coefficient (Wildman–Crippen LogP) is 4.54. The second-order valence-electron chi connectivity index (χ2n) is 8.87. The number of ether oxygens (including phenoxy) is 1. The number of unbranched alkanes of at least 4 members (excludes halogenated alkanes) is 7. The smallest absolute Gasteiger partial charge is 0.368 e. The maximum Gasteiger partial charge on any atom is 0.368 e. The van der Waals surface area contributed by atoms with Gasteiger partial charge in [-0.2, -0.15) is 9.98 Å². The van der Waals surface area contributed by atoms with Crippen molar-refractivity contribution < 1.29 is 23.9 Å². The number of nitrogens with zero attached hydrogens (tertiary/aromatic N) is 2. The lowest BCUT2D eigenvalue weighted by Gasteiger charge is -2.05. The molecule has 9 nitrogen and oxygen atoms in total. The lowest BCUT2D eigenvalue weighted by molar-refractivity contribution is -0.124. The second kappa shape index (κ2) is 16.0. The molecule has 0 aliphatic carbocycles. The maximum atomic E-state index is 11.7. The summed E-state index contributed by atoms with van der Waals surface area (Å²) in [6.45, 7) is 4.09. The first-order chi connectivity index (χ1) is 17.8. The van der Waals surface area contributed by atoms with Crippen LogP contribution in [-0.4, -0.2) is 30.3 Å². The summed E-state index contributed by atoms with van der Waals surface area (Å²) in [5, 5.41) is 3.46. The van der Waals surface area contributed by atoms with Gasteiger partial charge in [0.05, 0.1) is 29.3 Å². The Bertz CT molecular complexity index is 1190. The van der Waals surface area contributed by atoms with E-state index in [1.807, 2.05) is 0 Å². The summed E-state index contributed by atoms with van der Waals surface area (Å²) in [7, 11) is 0. The van der Waals surface area contributed by atoms with E-state index in [-0.39, 0.29) is 18.2 Å². The molecule has 37 heavy (non-hydrogen) atoms. The third kappa shape index (κ3) is 11.6. The van der Waals surface area contributed by atoms with Crippen LogP contribution in [0, 0.1) is 0 Å². The van der Waals surface area contributed by atoms with E-state index < -0.39 is 11.9 Å². The van der Waals surface area contributed by atoms with Gasteiger partial charge in [0.2, 0.25) is 5.91 Å². The first kappa shape index (κ1) is 29.4. The molecule has 0 bridgehead atoms. The fourth-order valence-corrected chi connectivity index (χ4v) is 3.55. The number of nitrogens with one attached hydrogen (secondary N) is 1. The van der Waals surface area contributed by atoms with Gasteiger partial charge >= 0.3 is 12.0 Å². The molecule has 3 amide bonds. The zero-order valence-corrected chi connectivity index (χ0v) is 21.6. The van der Waals surface area contributed by atoms with Gasteiger partial charge < -0.3 is 15.8 Å². The van der Waals surface area contributed by atoms with Crippen molar-refractivity contribution in [2.45, 2.75) is 71.6 Å². The number of anilines is 2. The standard InChI is InChI=1S/C17H27NO2.C11H9N3O3/c1-2-3-4-5-6-7-8-9-14-20-17(19)15-10-12-16(18)13-11-15;1-6(15)4-10(16)12-7-2-3-8-9(5-7)14-11(17)13-8/h10-13H,2-9,14,18H2,1H3;2-3,5H,4H2,1H3,(H,12,16). The lowest BCUT2D eigenvalue weighted by atomic mass is 10.1. The van der Waals surface area contributed by atoms with Crippen LogP contribution in [-0.2, 0) is 14.3 Å². The number of amides is 3. The van der Waals surface area contributed by atoms with Gasteiger partial charge in [-0.15, -0.1) is 0 Å². The Labute approximate surface area is 217 Å². The molecule has 1 aliphatic rings. The quantitative estimate of drug-likeness (QED) is 0.176. The zero-order valence-electron chi connectivity index (χ0n) is 21.6. The van der Waals surface area contributed by atoms with Crippen molar-refractivity contribution in [1.29, 1.82) is 0 Å². The molecule has 0 aromatic heterocycles. The third-order valence-corrected chi connectivity index (χ3v) is 5.48. The summed E-state index contributed by atoms with van der Waals surface area (Å²) in [5.41, 5.74) is 7.29. The molecule has 198 valence electrons. The molecule has 2 aromatic carbocycles. The molecular formula is C28H36N4O5. The van der Waals surface area contributed by atoms with Gasteiger partial charge in [-0.1, -0.05) is 51.9 Å². The van der Waals surface area contributed by atoms with Crippen LogP contribution in [0.1, 0.15) is 82.0 Å². The summed E-state index contributed by atoms with van der Waals surface area (Å²) in [5.74, 6) is -0.856. The van der Waals surface area contributed by atoms with Gasteiger partial charge in [0.25, 0.3) is 0 Å². The molecule has 1 aliphatic heterocycles. The summed E-state index contributed by atoms with van der Waals surface area (Å²) in [6.07, 6.45) is 9.78. The molecule has 0 atom stereocenters. The van der Waals surface area contributed by atoms with E-state index in [1.165, 1.54) is 45.4 Å². The second-order valence-corrected chi connectivity index (χ2v) is 8.87. The molecule has 3 rings (SSSR count). The van der Waals surface area contributed by atoms with E-state index in [2.05, 4.69) is 22.2 Å². The van der Waals surface area contributed by atoms with E-state index in [4.69, 9.17) is 10.5 Å². The Morgan fingerprint density at radius 1 is 0.865 bits per heavy atom. The number of fused-ring (bicyclic) bond motifs is 1. The van der Waals surface area contributed by atoms with Crippen LogP contribution in [0.2, 0.25) is 0 Å². The zero-order chi connectivity index (χ0) is 27.0. The normalized spacial score (nSPS) is 11.4. The molecule has 0 radical (unpaired) electrons. The van der Waals surface area contributed by atoms with Gasteiger partial charge in [0.1, 0.15) is 5.78 Å². The molecule has 2 aromatic rings. The van der Waals surface area contributed by atoms with E-state index >= 15 is 0 Å². The van der Waals surface area contributed by atoms with Crippen molar-refractivity contribution >= 4 is 35.1 Å². The topological polar surface area (TPSA) is 140 Å². The molecule has 0 spiro atoms. The highest BCUT2D eigenvalue weighted by atomic mass is 16.5. The number of ketones is 1. The number of carbonyl (C=O) groups excluding carboxylic acids is 4.